The number of rotatable bonds is 3. The molecule has 4 heteroatoms. The molecule has 0 aromatic heterocycles. The number of amidine groups is 1. The molecule has 0 bridgehead atoms. The Morgan fingerprint density at radius 1 is 1.36 bits per heavy atom. The molecule has 1 rings (SSSR count). The molecule has 0 saturated carbocycles. The zero-order valence-corrected chi connectivity index (χ0v) is 11.3. The van der Waals surface area contributed by atoms with Crippen molar-refractivity contribution in [2.45, 2.75) is 6.42 Å². The molecule has 0 atom stereocenters. The molecule has 0 radical (unpaired) electrons. The molecule has 0 aliphatic rings. The van der Waals surface area contributed by atoms with Gasteiger partial charge in [-0.2, -0.15) is 0 Å². The molecule has 2 N–H and O–H groups in total. The number of nitrogens with two attached hydrogens (primary N) is 1. The van der Waals surface area contributed by atoms with E-state index in [1.807, 2.05) is 24.5 Å². The number of hydrogen-bond acceptors (Lipinski definition) is 2. The second kappa shape index (κ2) is 8.11. The molecule has 0 aliphatic heterocycles. The highest BCUT2D eigenvalue weighted by molar-refractivity contribution is 14.0. The molecule has 0 spiro atoms. The minimum absolute atomic E-state index is 0. The molecule has 0 saturated heterocycles. The number of halogens is 1. The molecular formula is C10H15IN2S. The normalized spacial score (nSPS) is 10.8. The Bertz CT molecular complexity index is 275. The number of nitrogens with zero attached hydrogens (tertiary/aromatic N) is 1. The summed E-state index contributed by atoms with van der Waals surface area (Å²) in [4.78, 5) is 4.20. The van der Waals surface area contributed by atoms with Gasteiger partial charge >= 0.3 is 0 Å². The van der Waals surface area contributed by atoms with Crippen molar-refractivity contribution in [1.29, 1.82) is 0 Å². The summed E-state index contributed by atoms with van der Waals surface area (Å²) in [6.45, 7) is 0.774. The molecule has 0 heterocycles. The van der Waals surface area contributed by atoms with Gasteiger partial charge in [-0.05, 0) is 18.2 Å². The van der Waals surface area contributed by atoms with Crippen molar-refractivity contribution in [3.63, 3.8) is 0 Å². The molecule has 0 aliphatic carbocycles. The fraction of sp³-hybridized carbons (Fsp3) is 0.300. The van der Waals surface area contributed by atoms with Gasteiger partial charge in [-0.25, -0.2) is 0 Å². The van der Waals surface area contributed by atoms with Crippen LogP contribution in [-0.2, 0) is 6.42 Å². The van der Waals surface area contributed by atoms with E-state index in [4.69, 9.17) is 5.73 Å². The number of hydrogen-bond donors (Lipinski definition) is 1. The van der Waals surface area contributed by atoms with Crippen LogP contribution in [0.4, 0.5) is 0 Å². The molecule has 0 amide bonds. The lowest BCUT2D eigenvalue weighted by Gasteiger charge is -1.97. The van der Waals surface area contributed by atoms with Crippen LogP contribution >= 0.6 is 35.7 Å². The average Bonchev–Trinajstić information content (AvgIpc) is 2.19. The number of benzene rings is 1. The first-order valence-electron chi connectivity index (χ1n) is 4.21. The maximum absolute atomic E-state index is 5.55. The van der Waals surface area contributed by atoms with Crippen molar-refractivity contribution in [3.8, 4) is 0 Å². The Hall–Kier alpha value is -0.230. The van der Waals surface area contributed by atoms with E-state index in [1.54, 1.807) is 0 Å². The third kappa shape index (κ3) is 5.49. The lowest BCUT2D eigenvalue weighted by Crippen LogP contribution is -2.06. The SMILES string of the molecule is CSC(N)=NCCc1ccccc1.I. The van der Waals surface area contributed by atoms with Gasteiger partial charge in [-0.15, -0.1) is 24.0 Å². The quantitative estimate of drug-likeness (QED) is 0.528. The molecule has 78 valence electrons. The fourth-order valence-electron chi connectivity index (χ4n) is 1.00. The van der Waals surface area contributed by atoms with Crippen molar-refractivity contribution in [3.05, 3.63) is 35.9 Å². The zero-order chi connectivity index (χ0) is 9.52. The first-order chi connectivity index (χ1) is 6.33. The Balaban J connectivity index is 0.00000169. The third-order valence-corrected chi connectivity index (χ3v) is 2.27. The summed E-state index contributed by atoms with van der Waals surface area (Å²) >= 11 is 1.49. The van der Waals surface area contributed by atoms with E-state index in [0.717, 1.165) is 13.0 Å². The maximum Gasteiger partial charge on any atom is 0.153 e. The lowest BCUT2D eigenvalue weighted by atomic mass is 10.2. The average molecular weight is 322 g/mol. The second-order valence-electron chi connectivity index (χ2n) is 2.66. The van der Waals surface area contributed by atoms with Crippen molar-refractivity contribution < 1.29 is 0 Å². The van der Waals surface area contributed by atoms with E-state index in [0.29, 0.717) is 5.17 Å². The summed E-state index contributed by atoms with van der Waals surface area (Å²) in [5.41, 5.74) is 6.86. The smallest absolute Gasteiger partial charge is 0.153 e. The summed E-state index contributed by atoms with van der Waals surface area (Å²) in [7, 11) is 0. The van der Waals surface area contributed by atoms with Crippen LogP contribution in [0.1, 0.15) is 5.56 Å². The van der Waals surface area contributed by atoms with E-state index in [2.05, 4.69) is 17.1 Å². The number of aliphatic imine (C=N–C) groups is 1. The van der Waals surface area contributed by atoms with Crippen LogP contribution in [0.3, 0.4) is 0 Å². The van der Waals surface area contributed by atoms with Crippen LogP contribution in [0, 0.1) is 0 Å². The lowest BCUT2D eigenvalue weighted by molar-refractivity contribution is 0.970. The van der Waals surface area contributed by atoms with E-state index < -0.39 is 0 Å². The van der Waals surface area contributed by atoms with Crippen LogP contribution in [0.25, 0.3) is 0 Å². The van der Waals surface area contributed by atoms with Gasteiger partial charge in [-0.3, -0.25) is 4.99 Å². The van der Waals surface area contributed by atoms with E-state index >= 15 is 0 Å². The fourth-order valence-corrected chi connectivity index (χ4v) is 1.22. The van der Waals surface area contributed by atoms with Crippen LogP contribution in [-0.4, -0.2) is 18.0 Å². The van der Waals surface area contributed by atoms with Gasteiger partial charge in [0, 0.05) is 6.54 Å². The maximum atomic E-state index is 5.55. The molecule has 0 unspecified atom stereocenters. The highest BCUT2D eigenvalue weighted by Gasteiger charge is 1.90. The van der Waals surface area contributed by atoms with E-state index in [1.165, 1.54) is 17.3 Å². The van der Waals surface area contributed by atoms with E-state index in [9.17, 15) is 0 Å². The Morgan fingerprint density at radius 3 is 2.57 bits per heavy atom. The number of thioether (sulfide) groups is 1. The van der Waals surface area contributed by atoms with Crippen LogP contribution in [0.15, 0.2) is 35.3 Å². The molecule has 1 aromatic rings. The first kappa shape index (κ1) is 13.8. The Morgan fingerprint density at radius 2 is 2.00 bits per heavy atom. The summed E-state index contributed by atoms with van der Waals surface area (Å²) in [6.07, 6.45) is 2.89. The summed E-state index contributed by atoms with van der Waals surface area (Å²) < 4.78 is 0. The van der Waals surface area contributed by atoms with Gasteiger partial charge in [0.05, 0.1) is 0 Å². The second-order valence-corrected chi connectivity index (χ2v) is 3.49. The van der Waals surface area contributed by atoms with Gasteiger partial charge < -0.3 is 5.73 Å². The molecule has 0 fully saturated rings. The van der Waals surface area contributed by atoms with Gasteiger partial charge in [0.15, 0.2) is 5.17 Å². The van der Waals surface area contributed by atoms with Crippen LogP contribution in [0.2, 0.25) is 0 Å². The van der Waals surface area contributed by atoms with Gasteiger partial charge in [0.2, 0.25) is 0 Å². The van der Waals surface area contributed by atoms with Crippen molar-refractivity contribution >= 4 is 40.9 Å². The largest absolute Gasteiger partial charge is 0.379 e. The predicted octanol–water partition coefficient (Wildman–Crippen LogP) is 2.52. The topological polar surface area (TPSA) is 38.4 Å². The summed E-state index contributed by atoms with van der Waals surface area (Å²) in [6, 6.07) is 10.3. The minimum Gasteiger partial charge on any atom is -0.379 e. The van der Waals surface area contributed by atoms with Crippen LogP contribution < -0.4 is 5.73 Å². The van der Waals surface area contributed by atoms with Crippen molar-refractivity contribution in [1.82, 2.24) is 0 Å². The standard InChI is InChI=1S/C10H14N2S.HI/c1-13-10(11)12-8-7-9-5-3-2-4-6-9;/h2-6H,7-8H2,1H3,(H2,11,12);1H. The molecular weight excluding hydrogens is 307 g/mol. The van der Waals surface area contributed by atoms with Crippen molar-refractivity contribution in [2.24, 2.45) is 10.7 Å². The third-order valence-electron chi connectivity index (χ3n) is 1.72. The molecule has 2 nitrogen and oxygen atoms in total. The zero-order valence-electron chi connectivity index (χ0n) is 8.14. The van der Waals surface area contributed by atoms with E-state index in [-0.39, 0.29) is 24.0 Å². The molecule has 14 heavy (non-hydrogen) atoms. The van der Waals surface area contributed by atoms with Gasteiger partial charge in [0.1, 0.15) is 0 Å². The Labute approximate surface area is 106 Å². The monoisotopic (exact) mass is 322 g/mol. The molecule has 1 aromatic carbocycles. The highest BCUT2D eigenvalue weighted by atomic mass is 127. The van der Waals surface area contributed by atoms with Crippen molar-refractivity contribution in [2.75, 3.05) is 12.8 Å². The van der Waals surface area contributed by atoms with Crippen LogP contribution in [0.5, 0.6) is 0 Å². The summed E-state index contributed by atoms with van der Waals surface area (Å²) in [5, 5.41) is 0.663. The minimum atomic E-state index is 0. The Kier molecular flexibility index (Phi) is 7.98. The summed E-state index contributed by atoms with van der Waals surface area (Å²) in [5.74, 6) is 0. The van der Waals surface area contributed by atoms with Gasteiger partial charge in [-0.1, -0.05) is 42.1 Å². The first-order valence-corrected chi connectivity index (χ1v) is 5.43. The van der Waals surface area contributed by atoms with Gasteiger partial charge in [0.25, 0.3) is 0 Å². The predicted molar refractivity (Wildman–Crippen MR) is 75.6 cm³/mol. The highest BCUT2D eigenvalue weighted by Crippen LogP contribution is 2.00.